The number of hydrogen-bond acceptors (Lipinski definition) is 2. The maximum Gasteiger partial charge on any atom is 0.122 e. The molecular formula is C11H13FOS. The van der Waals surface area contributed by atoms with E-state index in [0.717, 1.165) is 5.56 Å². The highest BCUT2D eigenvalue weighted by Crippen LogP contribution is 2.16. The molecule has 0 unspecified atom stereocenters. The Labute approximate surface area is 87.6 Å². The van der Waals surface area contributed by atoms with Gasteiger partial charge in [0.1, 0.15) is 5.83 Å². The molecule has 1 N–H and O–H groups in total. The number of allylic oxidation sites excluding steroid dienone is 1. The molecule has 0 radical (unpaired) electrons. The minimum Gasteiger partial charge on any atom is -0.389 e. The third-order valence-corrected chi connectivity index (χ3v) is 2.57. The van der Waals surface area contributed by atoms with Crippen molar-refractivity contribution in [2.45, 2.75) is 11.3 Å². The van der Waals surface area contributed by atoms with Crippen molar-refractivity contribution in [1.29, 1.82) is 0 Å². The quantitative estimate of drug-likeness (QED) is 0.774. The van der Waals surface area contributed by atoms with Crippen LogP contribution in [0.1, 0.15) is 5.56 Å². The van der Waals surface area contributed by atoms with Gasteiger partial charge in [0.25, 0.3) is 0 Å². The lowest BCUT2D eigenvalue weighted by atomic mass is 10.1. The Hall–Kier alpha value is -0.800. The van der Waals surface area contributed by atoms with Gasteiger partial charge in [-0.05, 0) is 36.4 Å². The van der Waals surface area contributed by atoms with Crippen molar-refractivity contribution in [3.05, 3.63) is 41.7 Å². The van der Waals surface area contributed by atoms with Gasteiger partial charge in [0.05, 0.1) is 6.61 Å². The van der Waals surface area contributed by atoms with E-state index in [9.17, 15) is 4.39 Å². The summed E-state index contributed by atoms with van der Waals surface area (Å²) in [4.78, 5) is 1.17. The second-order valence-electron chi connectivity index (χ2n) is 2.86. The number of rotatable bonds is 4. The van der Waals surface area contributed by atoms with Crippen LogP contribution in [0.25, 0.3) is 0 Å². The first kappa shape index (κ1) is 11.3. The molecule has 0 atom stereocenters. The molecule has 0 spiro atoms. The summed E-state index contributed by atoms with van der Waals surface area (Å²) in [5, 5.41) is 8.47. The summed E-state index contributed by atoms with van der Waals surface area (Å²) in [7, 11) is 0. The van der Waals surface area contributed by atoms with E-state index >= 15 is 0 Å². The molecule has 0 saturated heterocycles. The maximum atomic E-state index is 12.6. The Morgan fingerprint density at radius 3 is 3.00 bits per heavy atom. The van der Waals surface area contributed by atoms with E-state index in [1.807, 2.05) is 30.5 Å². The zero-order chi connectivity index (χ0) is 10.4. The fourth-order valence-electron chi connectivity index (χ4n) is 1.09. The molecule has 0 aromatic heterocycles. The van der Waals surface area contributed by atoms with Crippen LogP contribution >= 0.6 is 11.8 Å². The summed E-state index contributed by atoms with van der Waals surface area (Å²) in [6, 6.07) is 7.93. The molecule has 0 aliphatic heterocycles. The van der Waals surface area contributed by atoms with Gasteiger partial charge in [0.15, 0.2) is 0 Å². The Morgan fingerprint density at radius 1 is 1.57 bits per heavy atom. The zero-order valence-corrected chi connectivity index (χ0v) is 8.85. The SMILES string of the molecule is CSc1cccc(CC=C(F)CO)c1. The number of benzene rings is 1. The highest BCUT2D eigenvalue weighted by atomic mass is 32.2. The largest absolute Gasteiger partial charge is 0.389 e. The molecule has 0 fully saturated rings. The predicted octanol–water partition coefficient (Wildman–Crippen LogP) is 2.80. The Kier molecular flexibility index (Phi) is 4.70. The first-order valence-electron chi connectivity index (χ1n) is 4.34. The second kappa shape index (κ2) is 5.83. The maximum absolute atomic E-state index is 12.6. The number of aliphatic hydroxyl groups is 1. The van der Waals surface area contributed by atoms with Crippen LogP contribution in [0.5, 0.6) is 0 Å². The van der Waals surface area contributed by atoms with E-state index in [-0.39, 0.29) is 0 Å². The van der Waals surface area contributed by atoms with E-state index < -0.39 is 12.4 Å². The lowest BCUT2D eigenvalue weighted by Crippen LogP contribution is -1.86. The molecule has 0 bridgehead atoms. The molecule has 1 rings (SSSR count). The molecule has 76 valence electrons. The molecule has 0 aliphatic rings. The van der Waals surface area contributed by atoms with Gasteiger partial charge in [-0.3, -0.25) is 0 Å². The van der Waals surface area contributed by atoms with E-state index in [0.29, 0.717) is 6.42 Å². The van der Waals surface area contributed by atoms with Crippen LogP contribution in [-0.4, -0.2) is 18.0 Å². The molecule has 0 aliphatic carbocycles. The number of halogens is 1. The average molecular weight is 212 g/mol. The van der Waals surface area contributed by atoms with E-state index in [2.05, 4.69) is 0 Å². The summed E-state index contributed by atoms with van der Waals surface area (Å²) in [6.45, 7) is -0.512. The third kappa shape index (κ3) is 3.52. The smallest absolute Gasteiger partial charge is 0.122 e. The molecule has 0 heterocycles. The summed E-state index contributed by atoms with van der Waals surface area (Å²) in [6.07, 6.45) is 3.93. The monoisotopic (exact) mass is 212 g/mol. The van der Waals surface area contributed by atoms with Crippen molar-refractivity contribution >= 4 is 11.8 Å². The van der Waals surface area contributed by atoms with Crippen LogP contribution in [0.15, 0.2) is 41.1 Å². The van der Waals surface area contributed by atoms with Gasteiger partial charge < -0.3 is 5.11 Å². The fraction of sp³-hybridized carbons (Fsp3) is 0.273. The first-order chi connectivity index (χ1) is 6.76. The van der Waals surface area contributed by atoms with Crippen molar-refractivity contribution in [2.75, 3.05) is 12.9 Å². The highest BCUT2D eigenvalue weighted by Gasteiger charge is 1.95. The van der Waals surface area contributed by atoms with Gasteiger partial charge in [-0.2, -0.15) is 0 Å². The third-order valence-electron chi connectivity index (χ3n) is 1.84. The van der Waals surface area contributed by atoms with Crippen LogP contribution in [-0.2, 0) is 6.42 Å². The normalized spacial score (nSPS) is 11.8. The lowest BCUT2D eigenvalue weighted by molar-refractivity contribution is 0.297. The Morgan fingerprint density at radius 2 is 2.36 bits per heavy atom. The van der Waals surface area contributed by atoms with E-state index in [1.54, 1.807) is 11.8 Å². The fourth-order valence-corrected chi connectivity index (χ4v) is 1.58. The zero-order valence-electron chi connectivity index (χ0n) is 8.03. The molecule has 0 amide bonds. The average Bonchev–Trinajstić information content (AvgIpc) is 2.26. The molecule has 1 nitrogen and oxygen atoms in total. The molecule has 1 aromatic rings. The predicted molar refractivity (Wildman–Crippen MR) is 58.2 cm³/mol. The molecule has 14 heavy (non-hydrogen) atoms. The lowest BCUT2D eigenvalue weighted by Gasteiger charge is -2.00. The van der Waals surface area contributed by atoms with Crippen molar-refractivity contribution in [2.24, 2.45) is 0 Å². The van der Waals surface area contributed by atoms with Crippen LogP contribution in [0, 0.1) is 0 Å². The summed E-state index contributed by atoms with van der Waals surface area (Å²) >= 11 is 1.66. The summed E-state index contributed by atoms with van der Waals surface area (Å²) in [5.41, 5.74) is 1.06. The Bertz CT molecular complexity index is 323. The molecule has 1 aromatic carbocycles. The van der Waals surface area contributed by atoms with Gasteiger partial charge in [-0.1, -0.05) is 12.1 Å². The van der Waals surface area contributed by atoms with Crippen LogP contribution in [0.2, 0.25) is 0 Å². The van der Waals surface area contributed by atoms with E-state index in [1.165, 1.54) is 11.0 Å². The minimum atomic E-state index is -0.512. The molecular weight excluding hydrogens is 199 g/mol. The van der Waals surface area contributed by atoms with Crippen molar-refractivity contribution in [1.82, 2.24) is 0 Å². The molecule has 0 saturated carbocycles. The second-order valence-corrected chi connectivity index (χ2v) is 3.74. The van der Waals surface area contributed by atoms with Gasteiger partial charge >= 0.3 is 0 Å². The standard InChI is InChI=1S/C11H13FOS/c1-14-11-4-2-3-9(7-11)5-6-10(12)8-13/h2-4,6-7,13H,5,8H2,1H3. The van der Waals surface area contributed by atoms with Crippen LogP contribution < -0.4 is 0 Å². The Balaban J connectivity index is 2.67. The van der Waals surface area contributed by atoms with E-state index in [4.69, 9.17) is 5.11 Å². The van der Waals surface area contributed by atoms with Crippen LogP contribution in [0.4, 0.5) is 4.39 Å². The van der Waals surface area contributed by atoms with Crippen molar-refractivity contribution < 1.29 is 9.50 Å². The van der Waals surface area contributed by atoms with Crippen molar-refractivity contribution in [3.63, 3.8) is 0 Å². The molecule has 3 heteroatoms. The number of aliphatic hydroxyl groups excluding tert-OH is 1. The minimum absolute atomic E-state index is 0.473. The van der Waals surface area contributed by atoms with Crippen LogP contribution in [0.3, 0.4) is 0 Å². The summed E-state index contributed by atoms with van der Waals surface area (Å²) in [5.74, 6) is -0.473. The van der Waals surface area contributed by atoms with Gasteiger partial charge in [0.2, 0.25) is 0 Å². The first-order valence-corrected chi connectivity index (χ1v) is 5.57. The number of hydrogen-bond donors (Lipinski definition) is 1. The summed E-state index contributed by atoms with van der Waals surface area (Å²) < 4.78 is 12.6. The van der Waals surface area contributed by atoms with Gasteiger partial charge in [-0.15, -0.1) is 11.8 Å². The van der Waals surface area contributed by atoms with Gasteiger partial charge in [0, 0.05) is 4.90 Å². The number of thioether (sulfide) groups is 1. The van der Waals surface area contributed by atoms with Gasteiger partial charge in [-0.25, -0.2) is 4.39 Å². The van der Waals surface area contributed by atoms with Crippen molar-refractivity contribution in [3.8, 4) is 0 Å². The topological polar surface area (TPSA) is 20.2 Å². The highest BCUT2D eigenvalue weighted by molar-refractivity contribution is 7.98.